The Morgan fingerprint density at radius 1 is 0.821 bits per heavy atom. The SMILES string of the molecule is COc1ccc(CNCc2cc(Cl)cc(OC)c2OCc2ccccc2)cc1. The Labute approximate surface area is 171 Å². The van der Waals surface area contributed by atoms with E-state index in [1.54, 1.807) is 20.3 Å². The largest absolute Gasteiger partial charge is 0.497 e. The lowest BCUT2D eigenvalue weighted by molar-refractivity contribution is 0.280. The van der Waals surface area contributed by atoms with E-state index >= 15 is 0 Å². The fourth-order valence-electron chi connectivity index (χ4n) is 2.88. The third kappa shape index (κ3) is 5.41. The number of halogens is 1. The van der Waals surface area contributed by atoms with Crippen molar-refractivity contribution in [2.45, 2.75) is 19.7 Å². The minimum Gasteiger partial charge on any atom is -0.497 e. The second kappa shape index (κ2) is 10.0. The van der Waals surface area contributed by atoms with E-state index in [1.807, 2.05) is 60.7 Å². The molecule has 0 saturated heterocycles. The predicted molar refractivity (Wildman–Crippen MR) is 112 cm³/mol. The van der Waals surface area contributed by atoms with E-state index in [-0.39, 0.29) is 0 Å². The van der Waals surface area contributed by atoms with Crippen LogP contribution in [0.25, 0.3) is 0 Å². The molecule has 0 saturated carbocycles. The molecule has 146 valence electrons. The molecule has 0 radical (unpaired) electrons. The number of hydrogen-bond acceptors (Lipinski definition) is 4. The van der Waals surface area contributed by atoms with Gasteiger partial charge in [0.1, 0.15) is 12.4 Å². The van der Waals surface area contributed by atoms with Crippen molar-refractivity contribution in [3.05, 3.63) is 88.4 Å². The Balaban J connectivity index is 1.70. The molecule has 0 amide bonds. The summed E-state index contributed by atoms with van der Waals surface area (Å²) >= 11 is 6.27. The zero-order valence-electron chi connectivity index (χ0n) is 16.1. The zero-order valence-corrected chi connectivity index (χ0v) is 16.8. The summed E-state index contributed by atoms with van der Waals surface area (Å²) in [6.45, 7) is 1.79. The molecule has 0 aliphatic carbocycles. The lowest BCUT2D eigenvalue weighted by Crippen LogP contribution is -2.14. The van der Waals surface area contributed by atoms with Gasteiger partial charge in [0.05, 0.1) is 14.2 Å². The summed E-state index contributed by atoms with van der Waals surface area (Å²) in [5.74, 6) is 2.18. The molecule has 0 unspecified atom stereocenters. The van der Waals surface area contributed by atoms with E-state index in [9.17, 15) is 0 Å². The highest BCUT2D eigenvalue weighted by Crippen LogP contribution is 2.35. The smallest absolute Gasteiger partial charge is 0.166 e. The van der Waals surface area contributed by atoms with Crippen LogP contribution in [0.2, 0.25) is 5.02 Å². The average molecular weight is 398 g/mol. The highest BCUT2D eigenvalue weighted by molar-refractivity contribution is 6.30. The first-order valence-electron chi connectivity index (χ1n) is 9.06. The third-order valence-corrected chi connectivity index (χ3v) is 4.56. The van der Waals surface area contributed by atoms with Gasteiger partial charge in [-0.15, -0.1) is 0 Å². The van der Waals surface area contributed by atoms with Crippen LogP contribution < -0.4 is 19.5 Å². The van der Waals surface area contributed by atoms with E-state index in [0.29, 0.717) is 29.7 Å². The maximum Gasteiger partial charge on any atom is 0.166 e. The molecule has 0 aliphatic rings. The summed E-state index contributed by atoms with van der Waals surface area (Å²) < 4.78 is 16.8. The fourth-order valence-corrected chi connectivity index (χ4v) is 3.11. The van der Waals surface area contributed by atoms with Gasteiger partial charge in [-0.05, 0) is 29.3 Å². The predicted octanol–water partition coefficient (Wildman–Crippen LogP) is 5.23. The maximum absolute atomic E-state index is 6.27. The highest BCUT2D eigenvalue weighted by atomic mass is 35.5. The summed E-state index contributed by atoms with van der Waals surface area (Å²) in [7, 11) is 3.28. The standard InChI is InChI=1S/C23H24ClNO3/c1-26-21-10-8-17(9-11-21)14-25-15-19-12-20(24)13-22(27-2)23(19)28-16-18-6-4-3-5-7-18/h3-13,25H,14-16H2,1-2H3. The average Bonchev–Trinajstić information content (AvgIpc) is 2.74. The van der Waals surface area contributed by atoms with Gasteiger partial charge in [-0.25, -0.2) is 0 Å². The monoisotopic (exact) mass is 397 g/mol. The fraction of sp³-hybridized carbons (Fsp3) is 0.217. The van der Waals surface area contributed by atoms with Gasteiger partial charge < -0.3 is 19.5 Å². The van der Waals surface area contributed by atoms with Crippen LogP contribution in [-0.4, -0.2) is 14.2 Å². The molecule has 0 heterocycles. The van der Waals surface area contributed by atoms with Crippen molar-refractivity contribution >= 4 is 11.6 Å². The Morgan fingerprint density at radius 2 is 1.57 bits per heavy atom. The van der Waals surface area contributed by atoms with Crippen molar-refractivity contribution < 1.29 is 14.2 Å². The molecule has 0 fully saturated rings. The van der Waals surface area contributed by atoms with Crippen molar-refractivity contribution in [3.8, 4) is 17.2 Å². The normalized spacial score (nSPS) is 10.5. The van der Waals surface area contributed by atoms with Gasteiger partial charge >= 0.3 is 0 Å². The third-order valence-electron chi connectivity index (χ3n) is 4.35. The molecule has 3 aromatic rings. The molecule has 4 nitrogen and oxygen atoms in total. The summed E-state index contributed by atoms with van der Waals surface area (Å²) in [4.78, 5) is 0. The summed E-state index contributed by atoms with van der Waals surface area (Å²) in [6, 6.07) is 21.7. The topological polar surface area (TPSA) is 39.7 Å². The van der Waals surface area contributed by atoms with Crippen LogP contribution in [0.15, 0.2) is 66.7 Å². The van der Waals surface area contributed by atoms with E-state index < -0.39 is 0 Å². The first-order chi connectivity index (χ1) is 13.7. The molecule has 1 N–H and O–H groups in total. The van der Waals surface area contributed by atoms with E-state index in [0.717, 1.165) is 23.4 Å². The molecule has 28 heavy (non-hydrogen) atoms. The molecular weight excluding hydrogens is 374 g/mol. The Bertz CT molecular complexity index is 882. The van der Waals surface area contributed by atoms with Crippen LogP contribution in [0.4, 0.5) is 0 Å². The molecule has 5 heteroatoms. The van der Waals surface area contributed by atoms with Gasteiger partial charge in [-0.1, -0.05) is 54.1 Å². The summed E-state index contributed by atoms with van der Waals surface area (Å²) in [6.07, 6.45) is 0. The number of benzene rings is 3. The van der Waals surface area contributed by atoms with E-state index in [1.165, 1.54) is 5.56 Å². The second-order valence-corrected chi connectivity index (χ2v) is 6.76. The Kier molecular flexibility index (Phi) is 7.18. The number of methoxy groups -OCH3 is 2. The second-order valence-electron chi connectivity index (χ2n) is 6.32. The number of nitrogens with one attached hydrogen (secondary N) is 1. The van der Waals surface area contributed by atoms with Crippen LogP contribution in [0.5, 0.6) is 17.2 Å². The van der Waals surface area contributed by atoms with Crippen molar-refractivity contribution in [1.82, 2.24) is 5.32 Å². The van der Waals surface area contributed by atoms with Crippen LogP contribution >= 0.6 is 11.6 Å². The molecule has 3 aromatic carbocycles. The van der Waals surface area contributed by atoms with Crippen LogP contribution in [-0.2, 0) is 19.7 Å². The van der Waals surface area contributed by atoms with E-state index in [4.69, 9.17) is 25.8 Å². The Morgan fingerprint density at radius 3 is 2.25 bits per heavy atom. The van der Waals surface area contributed by atoms with Gasteiger partial charge in [0.15, 0.2) is 11.5 Å². The van der Waals surface area contributed by atoms with Crippen molar-refractivity contribution in [1.29, 1.82) is 0 Å². The van der Waals surface area contributed by atoms with Crippen molar-refractivity contribution in [3.63, 3.8) is 0 Å². The molecule has 0 spiro atoms. The van der Waals surface area contributed by atoms with Gasteiger partial charge in [-0.3, -0.25) is 0 Å². The lowest BCUT2D eigenvalue weighted by Gasteiger charge is -2.16. The van der Waals surface area contributed by atoms with Crippen LogP contribution in [0, 0.1) is 0 Å². The van der Waals surface area contributed by atoms with Crippen LogP contribution in [0.1, 0.15) is 16.7 Å². The van der Waals surface area contributed by atoms with Crippen molar-refractivity contribution in [2.75, 3.05) is 14.2 Å². The minimum atomic E-state index is 0.463. The van der Waals surface area contributed by atoms with Crippen LogP contribution in [0.3, 0.4) is 0 Å². The first-order valence-corrected chi connectivity index (χ1v) is 9.44. The molecule has 0 atom stereocenters. The molecule has 3 rings (SSSR count). The lowest BCUT2D eigenvalue weighted by atomic mass is 10.1. The number of hydrogen-bond donors (Lipinski definition) is 1. The summed E-state index contributed by atoms with van der Waals surface area (Å²) in [5.41, 5.74) is 3.21. The zero-order chi connectivity index (χ0) is 19.8. The van der Waals surface area contributed by atoms with Gasteiger partial charge in [0, 0.05) is 29.7 Å². The van der Waals surface area contributed by atoms with Gasteiger partial charge in [0.25, 0.3) is 0 Å². The van der Waals surface area contributed by atoms with Crippen molar-refractivity contribution in [2.24, 2.45) is 0 Å². The molecule has 0 aliphatic heterocycles. The minimum absolute atomic E-state index is 0.463. The molecule has 0 bridgehead atoms. The number of rotatable bonds is 9. The quantitative estimate of drug-likeness (QED) is 0.537. The maximum atomic E-state index is 6.27. The highest BCUT2D eigenvalue weighted by Gasteiger charge is 2.13. The summed E-state index contributed by atoms with van der Waals surface area (Å²) in [5, 5.41) is 4.05. The van der Waals surface area contributed by atoms with E-state index in [2.05, 4.69) is 5.32 Å². The molecular formula is C23H24ClNO3. The first kappa shape index (κ1) is 20.1. The number of ether oxygens (including phenoxy) is 3. The van der Waals surface area contributed by atoms with Gasteiger partial charge in [0.2, 0.25) is 0 Å². The molecule has 0 aromatic heterocycles. The van der Waals surface area contributed by atoms with Gasteiger partial charge in [-0.2, -0.15) is 0 Å². The Hall–Kier alpha value is -2.69.